The van der Waals surface area contributed by atoms with Crippen molar-refractivity contribution in [1.82, 2.24) is 4.90 Å². The third-order valence-electron chi connectivity index (χ3n) is 3.42. The molecule has 0 aromatic rings. The molecule has 0 aliphatic heterocycles. The van der Waals surface area contributed by atoms with Crippen LogP contribution in [-0.2, 0) is 4.79 Å². The lowest BCUT2D eigenvalue weighted by molar-refractivity contribution is -0.135. The van der Waals surface area contributed by atoms with Crippen LogP contribution in [0.1, 0.15) is 40.0 Å². The molecule has 1 amide bonds. The summed E-state index contributed by atoms with van der Waals surface area (Å²) in [4.78, 5) is 14.3. The van der Waals surface area contributed by atoms with Gasteiger partial charge in [0.25, 0.3) is 0 Å². The minimum Gasteiger partial charge on any atom is -0.339 e. The molecule has 0 spiro atoms. The molecule has 15 heavy (non-hydrogen) atoms. The highest BCUT2D eigenvalue weighted by molar-refractivity contribution is 9.09. The number of nitrogens with zero attached hydrogens (tertiary/aromatic N) is 1. The van der Waals surface area contributed by atoms with E-state index in [9.17, 15) is 4.79 Å². The zero-order valence-electron chi connectivity index (χ0n) is 10.0. The van der Waals surface area contributed by atoms with Gasteiger partial charge >= 0.3 is 0 Å². The molecule has 1 saturated carbocycles. The fourth-order valence-corrected chi connectivity index (χ4v) is 2.55. The van der Waals surface area contributed by atoms with Crippen LogP contribution in [0.25, 0.3) is 0 Å². The summed E-state index contributed by atoms with van der Waals surface area (Å²) < 4.78 is 0. The van der Waals surface area contributed by atoms with E-state index in [1.165, 1.54) is 0 Å². The predicted molar refractivity (Wildman–Crippen MR) is 67.1 cm³/mol. The molecule has 1 rings (SSSR count). The van der Waals surface area contributed by atoms with E-state index in [-0.39, 0.29) is 0 Å². The summed E-state index contributed by atoms with van der Waals surface area (Å²) in [6.45, 7) is 7.36. The van der Waals surface area contributed by atoms with E-state index in [4.69, 9.17) is 0 Å². The standard InChI is InChI=1S/C12H22BrNO/c1-4-10(5-2)14(7-6-13)12(15)11-8-9(11)3/h9-11H,4-8H2,1-3H3. The van der Waals surface area contributed by atoms with Gasteiger partial charge in [0.05, 0.1) is 0 Å². The minimum atomic E-state index is 0.324. The maximum atomic E-state index is 12.2. The number of halogens is 1. The summed E-state index contributed by atoms with van der Waals surface area (Å²) >= 11 is 3.44. The molecule has 1 aliphatic carbocycles. The number of carbonyl (C=O) groups is 1. The molecular formula is C12H22BrNO. The average Bonchev–Trinajstić information content (AvgIpc) is 2.95. The lowest BCUT2D eigenvalue weighted by atomic mass is 10.1. The lowest BCUT2D eigenvalue weighted by Gasteiger charge is -2.30. The first-order chi connectivity index (χ1) is 7.15. The Morgan fingerprint density at radius 2 is 2.00 bits per heavy atom. The van der Waals surface area contributed by atoms with Crippen LogP contribution in [0.5, 0.6) is 0 Å². The zero-order chi connectivity index (χ0) is 11.4. The van der Waals surface area contributed by atoms with Crippen molar-refractivity contribution in [2.24, 2.45) is 11.8 Å². The van der Waals surface area contributed by atoms with E-state index >= 15 is 0 Å². The summed E-state index contributed by atoms with van der Waals surface area (Å²) in [5.74, 6) is 1.32. The molecule has 0 bridgehead atoms. The Bertz CT molecular complexity index is 216. The van der Waals surface area contributed by atoms with Gasteiger partial charge in [-0.2, -0.15) is 0 Å². The molecule has 0 N–H and O–H groups in total. The molecule has 2 nitrogen and oxygen atoms in total. The predicted octanol–water partition coefficient (Wildman–Crippen LogP) is 3.05. The van der Waals surface area contributed by atoms with Crippen LogP contribution < -0.4 is 0 Å². The Morgan fingerprint density at radius 1 is 1.47 bits per heavy atom. The highest BCUT2D eigenvalue weighted by Crippen LogP contribution is 2.39. The summed E-state index contributed by atoms with van der Waals surface area (Å²) in [6.07, 6.45) is 3.23. The van der Waals surface area contributed by atoms with Gasteiger partial charge in [0, 0.05) is 23.8 Å². The van der Waals surface area contributed by atoms with Crippen molar-refractivity contribution in [2.75, 3.05) is 11.9 Å². The summed E-state index contributed by atoms with van der Waals surface area (Å²) in [5, 5.41) is 0.885. The van der Waals surface area contributed by atoms with Gasteiger partial charge in [-0.1, -0.05) is 36.7 Å². The van der Waals surface area contributed by atoms with Crippen molar-refractivity contribution >= 4 is 21.8 Å². The van der Waals surface area contributed by atoms with Crippen molar-refractivity contribution in [3.63, 3.8) is 0 Å². The normalized spacial score (nSPS) is 24.3. The van der Waals surface area contributed by atoms with Crippen LogP contribution in [0.4, 0.5) is 0 Å². The molecule has 2 unspecified atom stereocenters. The van der Waals surface area contributed by atoms with E-state index < -0.39 is 0 Å². The molecule has 3 heteroatoms. The smallest absolute Gasteiger partial charge is 0.226 e. The fraction of sp³-hybridized carbons (Fsp3) is 0.917. The number of alkyl halides is 1. The molecule has 0 saturated heterocycles. The third-order valence-corrected chi connectivity index (χ3v) is 3.77. The average molecular weight is 276 g/mol. The molecule has 1 aliphatic rings. The van der Waals surface area contributed by atoms with E-state index in [0.29, 0.717) is 23.8 Å². The maximum Gasteiger partial charge on any atom is 0.226 e. The molecule has 0 radical (unpaired) electrons. The molecule has 0 heterocycles. The number of hydrogen-bond acceptors (Lipinski definition) is 1. The third kappa shape index (κ3) is 3.20. The van der Waals surface area contributed by atoms with Gasteiger partial charge in [-0.3, -0.25) is 4.79 Å². The van der Waals surface area contributed by atoms with Gasteiger partial charge < -0.3 is 4.90 Å². The van der Waals surface area contributed by atoms with Gasteiger partial charge in [-0.25, -0.2) is 0 Å². The van der Waals surface area contributed by atoms with Crippen LogP contribution in [0.15, 0.2) is 0 Å². The minimum absolute atomic E-state index is 0.324. The maximum absolute atomic E-state index is 12.2. The summed E-state index contributed by atoms with van der Waals surface area (Å²) in [5.41, 5.74) is 0. The second-order valence-electron chi connectivity index (χ2n) is 4.51. The highest BCUT2D eigenvalue weighted by atomic mass is 79.9. The molecule has 88 valence electrons. The van der Waals surface area contributed by atoms with E-state index in [1.54, 1.807) is 0 Å². The summed E-state index contributed by atoms with van der Waals surface area (Å²) in [6, 6.07) is 0.433. The monoisotopic (exact) mass is 275 g/mol. The van der Waals surface area contributed by atoms with Crippen molar-refractivity contribution in [1.29, 1.82) is 0 Å². The lowest BCUT2D eigenvalue weighted by Crippen LogP contribution is -2.42. The van der Waals surface area contributed by atoms with Crippen molar-refractivity contribution < 1.29 is 4.79 Å². The van der Waals surface area contributed by atoms with Gasteiger partial charge in [0.15, 0.2) is 0 Å². The SMILES string of the molecule is CCC(CC)N(CCBr)C(=O)C1CC1C. The Hall–Kier alpha value is -0.0500. The number of amides is 1. The molecule has 1 fully saturated rings. The molecule has 0 aromatic carbocycles. The second kappa shape index (κ2) is 5.88. The van der Waals surface area contributed by atoms with Gasteiger partial charge in [0.1, 0.15) is 0 Å². The Labute approximate surface area is 102 Å². The Balaban J connectivity index is 2.59. The molecular weight excluding hydrogens is 254 g/mol. The van der Waals surface area contributed by atoms with E-state index in [0.717, 1.165) is 31.1 Å². The number of carbonyl (C=O) groups excluding carboxylic acids is 1. The van der Waals surface area contributed by atoms with Crippen LogP contribution in [0.2, 0.25) is 0 Å². The summed E-state index contributed by atoms with van der Waals surface area (Å²) in [7, 11) is 0. The first kappa shape index (κ1) is 13.0. The van der Waals surface area contributed by atoms with Gasteiger partial charge in [-0.05, 0) is 25.2 Å². The van der Waals surface area contributed by atoms with Crippen LogP contribution >= 0.6 is 15.9 Å². The van der Waals surface area contributed by atoms with E-state index in [2.05, 4.69) is 41.6 Å². The van der Waals surface area contributed by atoms with Crippen LogP contribution in [0.3, 0.4) is 0 Å². The topological polar surface area (TPSA) is 20.3 Å². The van der Waals surface area contributed by atoms with Crippen molar-refractivity contribution in [3.05, 3.63) is 0 Å². The van der Waals surface area contributed by atoms with Gasteiger partial charge in [-0.15, -0.1) is 0 Å². The van der Waals surface area contributed by atoms with Crippen LogP contribution in [-0.4, -0.2) is 28.7 Å². The fourth-order valence-electron chi connectivity index (χ4n) is 2.17. The van der Waals surface area contributed by atoms with Crippen molar-refractivity contribution in [2.45, 2.75) is 46.1 Å². The first-order valence-electron chi connectivity index (χ1n) is 6.02. The van der Waals surface area contributed by atoms with Crippen LogP contribution in [0, 0.1) is 11.8 Å². The second-order valence-corrected chi connectivity index (χ2v) is 5.30. The highest BCUT2D eigenvalue weighted by Gasteiger charge is 2.42. The zero-order valence-corrected chi connectivity index (χ0v) is 11.6. The molecule has 0 aromatic heterocycles. The van der Waals surface area contributed by atoms with Crippen molar-refractivity contribution in [3.8, 4) is 0 Å². The number of hydrogen-bond donors (Lipinski definition) is 0. The molecule has 2 atom stereocenters. The van der Waals surface area contributed by atoms with E-state index in [1.807, 2.05) is 0 Å². The largest absolute Gasteiger partial charge is 0.339 e. The Kier molecular flexibility index (Phi) is 5.10. The quantitative estimate of drug-likeness (QED) is 0.683. The first-order valence-corrected chi connectivity index (χ1v) is 7.14. The number of rotatable bonds is 6. The Morgan fingerprint density at radius 3 is 2.33 bits per heavy atom. The van der Waals surface area contributed by atoms with Gasteiger partial charge in [0.2, 0.25) is 5.91 Å².